The van der Waals surface area contributed by atoms with E-state index < -0.39 is 11.6 Å². The summed E-state index contributed by atoms with van der Waals surface area (Å²) in [7, 11) is 1.70. The first-order valence-corrected chi connectivity index (χ1v) is 10.9. The van der Waals surface area contributed by atoms with Crippen LogP contribution in [-0.4, -0.2) is 30.7 Å². The molecule has 5 nitrogen and oxygen atoms in total. The molecule has 0 saturated carbocycles. The van der Waals surface area contributed by atoms with Gasteiger partial charge in [-0.25, -0.2) is 8.78 Å². The van der Waals surface area contributed by atoms with Gasteiger partial charge in [0.25, 0.3) is 5.56 Å². The number of piperidine rings is 1. The predicted octanol–water partition coefficient (Wildman–Crippen LogP) is 4.19. The number of hydrogen-bond donors (Lipinski definition) is 0. The van der Waals surface area contributed by atoms with E-state index in [0.717, 1.165) is 62.0 Å². The van der Waals surface area contributed by atoms with Gasteiger partial charge >= 0.3 is 0 Å². The van der Waals surface area contributed by atoms with Crippen molar-refractivity contribution in [2.45, 2.75) is 19.3 Å². The summed E-state index contributed by atoms with van der Waals surface area (Å²) in [5.41, 5.74) is 2.29. The van der Waals surface area contributed by atoms with Crippen molar-refractivity contribution >= 4 is 22.3 Å². The third-order valence-corrected chi connectivity index (χ3v) is 7.23. The van der Waals surface area contributed by atoms with Gasteiger partial charge in [-0.2, -0.15) is 5.26 Å². The van der Waals surface area contributed by atoms with Crippen molar-refractivity contribution in [2.24, 2.45) is 12.5 Å². The van der Waals surface area contributed by atoms with Gasteiger partial charge in [0.1, 0.15) is 11.6 Å². The van der Waals surface area contributed by atoms with Gasteiger partial charge in [-0.05, 0) is 42.9 Å². The zero-order valence-corrected chi connectivity index (χ0v) is 17.9. The van der Waals surface area contributed by atoms with Crippen LogP contribution in [0.1, 0.15) is 24.8 Å². The summed E-state index contributed by atoms with van der Waals surface area (Å²) in [6, 6.07) is 13.9. The molecular weight excluding hydrogens is 410 g/mol. The Balaban J connectivity index is 1.41. The summed E-state index contributed by atoms with van der Waals surface area (Å²) in [6.45, 7) is 3.10. The van der Waals surface area contributed by atoms with Crippen LogP contribution in [0.25, 0.3) is 10.9 Å². The van der Waals surface area contributed by atoms with E-state index in [0.29, 0.717) is 5.69 Å². The molecule has 2 fully saturated rings. The quantitative estimate of drug-likeness (QED) is 0.607. The first-order valence-electron chi connectivity index (χ1n) is 10.9. The lowest BCUT2D eigenvalue weighted by Gasteiger charge is -2.41. The fraction of sp³-hybridized carbons (Fsp3) is 0.360. The monoisotopic (exact) mass is 434 g/mol. The number of rotatable bonds is 2. The fourth-order valence-corrected chi connectivity index (χ4v) is 5.36. The van der Waals surface area contributed by atoms with Crippen LogP contribution in [-0.2, 0) is 7.05 Å². The number of hydrogen-bond acceptors (Lipinski definition) is 4. The Morgan fingerprint density at radius 2 is 1.66 bits per heavy atom. The van der Waals surface area contributed by atoms with Crippen molar-refractivity contribution in [1.29, 1.82) is 5.26 Å². The zero-order chi connectivity index (χ0) is 22.5. The third kappa shape index (κ3) is 3.22. The second kappa shape index (κ2) is 7.63. The molecule has 3 heterocycles. The maximum absolute atomic E-state index is 13.7. The average Bonchev–Trinajstić information content (AvgIpc) is 3.22. The number of anilines is 2. The van der Waals surface area contributed by atoms with Crippen LogP contribution >= 0.6 is 0 Å². The van der Waals surface area contributed by atoms with Crippen molar-refractivity contribution < 1.29 is 8.78 Å². The highest BCUT2D eigenvalue weighted by Crippen LogP contribution is 2.43. The molecule has 1 spiro atoms. The Kier molecular flexibility index (Phi) is 4.89. The number of pyridine rings is 1. The number of nitriles is 1. The first kappa shape index (κ1) is 20.5. The van der Waals surface area contributed by atoms with E-state index in [1.807, 2.05) is 24.3 Å². The minimum absolute atomic E-state index is 0.101. The molecule has 164 valence electrons. The van der Waals surface area contributed by atoms with E-state index in [1.54, 1.807) is 17.7 Å². The summed E-state index contributed by atoms with van der Waals surface area (Å²) in [5, 5.41) is 10.7. The lowest BCUT2D eigenvalue weighted by Crippen LogP contribution is -2.42. The number of aromatic nitrogens is 1. The first-order chi connectivity index (χ1) is 15.4. The van der Waals surface area contributed by atoms with E-state index in [2.05, 4.69) is 15.9 Å². The zero-order valence-electron chi connectivity index (χ0n) is 17.9. The number of para-hydroxylation sites is 1. The minimum Gasteiger partial charge on any atom is -0.371 e. The van der Waals surface area contributed by atoms with Crippen molar-refractivity contribution in [3.05, 3.63) is 70.0 Å². The normalized spacial score (nSPS) is 17.8. The van der Waals surface area contributed by atoms with Crippen molar-refractivity contribution in [1.82, 2.24) is 4.57 Å². The SMILES string of the molecule is Cn1c(=O)c(C#N)c(N2CCC3(CCN(c4ccc(F)c(F)c4)C3)CC2)c2ccccc21. The van der Waals surface area contributed by atoms with Gasteiger partial charge in [0, 0.05) is 50.4 Å². The Morgan fingerprint density at radius 1 is 0.969 bits per heavy atom. The van der Waals surface area contributed by atoms with E-state index >= 15 is 0 Å². The molecule has 2 aromatic carbocycles. The summed E-state index contributed by atoms with van der Waals surface area (Å²) in [4.78, 5) is 17.1. The predicted molar refractivity (Wildman–Crippen MR) is 121 cm³/mol. The number of nitrogens with zero attached hydrogens (tertiary/aromatic N) is 4. The van der Waals surface area contributed by atoms with Crippen molar-refractivity contribution in [2.75, 3.05) is 36.0 Å². The number of fused-ring (bicyclic) bond motifs is 1. The molecule has 0 amide bonds. The van der Waals surface area contributed by atoms with Crippen LogP contribution < -0.4 is 15.4 Å². The average molecular weight is 434 g/mol. The molecule has 2 saturated heterocycles. The van der Waals surface area contributed by atoms with E-state index in [1.165, 1.54) is 12.1 Å². The molecule has 0 bridgehead atoms. The molecule has 0 N–H and O–H groups in total. The Bertz CT molecular complexity index is 1300. The Morgan fingerprint density at radius 3 is 2.34 bits per heavy atom. The highest BCUT2D eigenvalue weighted by molar-refractivity contribution is 5.94. The van der Waals surface area contributed by atoms with Crippen LogP contribution in [0.4, 0.5) is 20.2 Å². The van der Waals surface area contributed by atoms with Crippen LogP contribution in [0.3, 0.4) is 0 Å². The van der Waals surface area contributed by atoms with Gasteiger partial charge in [0.15, 0.2) is 11.6 Å². The van der Waals surface area contributed by atoms with Crippen molar-refractivity contribution in [3.63, 3.8) is 0 Å². The van der Waals surface area contributed by atoms with E-state index in [-0.39, 0.29) is 16.5 Å². The largest absolute Gasteiger partial charge is 0.371 e. The number of halogens is 2. The molecule has 3 aromatic rings. The van der Waals surface area contributed by atoms with E-state index in [9.17, 15) is 18.8 Å². The summed E-state index contributed by atoms with van der Waals surface area (Å²) < 4.78 is 28.6. The summed E-state index contributed by atoms with van der Waals surface area (Å²) >= 11 is 0. The molecule has 1 aromatic heterocycles. The van der Waals surface area contributed by atoms with Gasteiger partial charge in [-0.3, -0.25) is 4.79 Å². The molecule has 5 rings (SSSR count). The van der Waals surface area contributed by atoms with Crippen molar-refractivity contribution in [3.8, 4) is 6.07 Å². The van der Waals surface area contributed by atoms with Gasteiger partial charge in [-0.1, -0.05) is 18.2 Å². The Labute approximate surface area is 185 Å². The number of benzene rings is 2. The van der Waals surface area contributed by atoms with Crippen LogP contribution in [0.2, 0.25) is 0 Å². The lowest BCUT2D eigenvalue weighted by atomic mass is 9.77. The summed E-state index contributed by atoms with van der Waals surface area (Å²) in [5.74, 6) is -1.65. The Hall–Kier alpha value is -3.40. The van der Waals surface area contributed by atoms with Crippen LogP contribution in [0.15, 0.2) is 47.3 Å². The highest BCUT2D eigenvalue weighted by Gasteiger charge is 2.41. The molecule has 32 heavy (non-hydrogen) atoms. The molecule has 0 atom stereocenters. The third-order valence-electron chi connectivity index (χ3n) is 7.23. The summed E-state index contributed by atoms with van der Waals surface area (Å²) in [6.07, 6.45) is 2.82. The standard InChI is InChI=1S/C25H24F2N4O/c1-29-22-5-3-2-4-18(22)23(19(15-28)24(29)32)30-11-8-25(9-12-30)10-13-31(16-25)17-6-7-20(26)21(27)14-17/h2-7,14H,8-13,16H2,1H3. The van der Waals surface area contributed by atoms with Crippen LogP contribution in [0, 0.1) is 28.4 Å². The molecule has 7 heteroatoms. The fourth-order valence-electron chi connectivity index (χ4n) is 5.36. The lowest BCUT2D eigenvalue weighted by molar-refractivity contribution is 0.250. The maximum Gasteiger partial charge on any atom is 0.270 e. The molecule has 0 aliphatic carbocycles. The topological polar surface area (TPSA) is 52.3 Å². The van der Waals surface area contributed by atoms with Gasteiger partial charge < -0.3 is 14.4 Å². The van der Waals surface area contributed by atoms with E-state index in [4.69, 9.17) is 0 Å². The number of aryl methyl sites for hydroxylation is 1. The van der Waals surface area contributed by atoms with Gasteiger partial charge in [0.05, 0.1) is 11.2 Å². The maximum atomic E-state index is 13.7. The molecule has 2 aliphatic heterocycles. The molecule has 0 unspecified atom stereocenters. The molecule has 2 aliphatic rings. The molecular formula is C25H24F2N4O. The van der Waals surface area contributed by atoms with Gasteiger partial charge in [0.2, 0.25) is 0 Å². The smallest absolute Gasteiger partial charge is 0.270 e. The van der Waals surface area contributed by atoms with Crippen LogP contribution in [0.5, 0.6) is 0 Å². The second-order valence-electron chi connectivity index (χ2n) is 8.97. The second-order valence-corrected chi connectivity index (χ2v) is 8.97. The molecule has 0 radical (unpaired) electrons. The van der Waals surface area contributed by atoms with Gasteiger partial charge in [-0.15, -0.1) is 0 Å². The highest BCUT2D eigenvalue weighted by atomic mass is 19.2. The minimum atomic E-state index is -0.828.